The second-order valence-corrected chi connectivity index (χ2v) is 10.0. The summed E-state index contributed by atoms with van der Waals surface area (Å²) in [5, 5.41) is 9.22. The molecule has 192 valence electrons. The summed E-state index contributed by atoms with van der Waals surface area (Å²) in [5.74, 6) is -0.121. The van der Waals surface area contributed by atoms with Crippen molar-refractivity contribution in [3.63, 3.8) is 0 Å². The van der Waals surface area contributed by atoms with Crippen molar-refractivity contribution in [3.8, 4) is 11.3 Å². The molecule has 8 nitrogen and oxygen atoms in total. The second-order valence-electron chi connectivity index (χ2n) is 9.16. The van der Waals surface area contributed by atoms with E-state index in [-0.39, 0.29) is 11.4 Å². The third-order valence-corrected chi connectivity index (χ3v) is 7.17. The highest BCUT2D eigenvalue weighted by molar-refractivity contribution is 7.14. The fourth-order valence-electron chi connectivity index (χ4n) is 4.16. The number of anilines is 3. The molecule has 37 heavy (non-hydrogen) atoms. The van der Waals surface area contributed by atoms with Gasteiger partial charge in [-0.05, 0) is 61.5 Å². The van der Waals surface area contributed by atoms with Crippen LogP contribution in [0.15, 0.2) is 72.4 Å². The van der Waals surface area contributed by atoms with Crippen LogP contribution in [0.3, 0.4) is 0 Å². The van der Waals surface area contributed by atoms with Gasteiger partial charge in [-0.1, -0.05) is 18.2 Å². The summed E-state index contributed by atoms with van der Waals surface area (Å²) in [4.78, 5) is 26.6. The Bertz CT molecular complexity index is 1320. The predicted molar refractivity (Wildman–Crippen MR) is 151 cm³/mol. The lowest BCUT2D eigenvalue weighted by molar-refractivity contribution is 0.102. The number of amides is 1. The van der Waals surface area contributed by atoms with E-state index in [1.165, 1.54) is 16.9 Å². The molecule has 0 atom stereocenters. The van der Waals surface area contributed by atoms with Crippen molar-refractivity contribution in [2.24, 2.45) is 0 Å². The molecule has 1 fully saturated rings. The molecule has 1 amide bonds. The average molecular weight is 517 g/mol. The van der Waals surface area contributed by atoms with Gasteiger partial charge in [-0.25, -0.2) is 4.98 Å². The smallest absolute Gasteiger partial charge is 0.255 e. The molecule has 0 unspecified atom stereocenters. The third-order valence-electron chi connectivity index (χ3n) is 6.42. The van der Waals surface area contributed by atoms with Crippen LogP contribution in [0.4, 0.5) is 16.5 Å². The van der Waals surface area contributed by atoms with Gasteiger partial charge in [0.1, 0.15) is 0 Å². The topological polar surface area (TPSA) is 105 Å². The number of carbonyl (C=O) groups excluding carboxylic acids is 1. The normalized spacial score (nSPS) is 14.1. The lowest BCUT2D eigenvalue weighted by Gasteiger charge is -2.32. The highest BCUT2D eigenvalue weighted by Crippen LogP contribution is 2.29. The first kappa shape index (κ1) is 26.4. The minimum atomic E-state index is -0.121. The molecular formula is C28H32N6O2S. The predicted octanol–water partition coefficient (Wildman–Crippen LogP) is 4.43. The van der Waals surface area contributed by atoms with Crippen molar-refractivity contribution in [2.45, 2.75) is 13.5 Å². The summed E-state index contributed by atoms with van der Waals surface area (Å²) in [7, 11) is 2.16. The second kappa shape index (κ2) is 12.1. The molecule has 5 rings (SSSR count). The maximum atomic E-state index is 12.9. The van der Waals surface area contributed by atoms with Crippen molar-refractivity contribution in [1.82, 2.24) is 19.8 Å². The first-order valence-corrected chi connectivity index (χ1v) is 13.0. The van der Waals surface area contributed by atoms with Crippen LogP contribution in [0.1, 0.15) is 21.5 Å². The number of nitrogens with one attached hydrogen (secondary N) is 2. The molecule has 9 heteroatoms. The molecule has 0 aliphatic carbocycles. The van der Waals surface area contributed by atoms with E-state index >= 15 is 0 Å². The van der Waals surface area contributed by atoms with Crippen molar-refractivity contribution in [3.05, 3.63) is 89.1 Å². The number of carbonyl (C=O) groups is 1. The van der Waals surface area contributed by atoms with Gasteiger partial charge < -0.3 is 21.0 Å². The van der Waals surface area contributed by atoms with Crippen molar-refractivity contribution < 1.29 is 10.3 Å². The van der Waals surface area contributed by atoms with Gasteiger partial charge in [0, 0.05) is 73.0 Å². The average Bonchev–Trinajstić information content (AvgIpc) is 3.37. The van der Waals surface area contributed by atoms with Crippen molar-refractivity contribution >= 4 is 33.8 Å². The van der Waals surface area contributed by atoms with Crippen molar-refractivity contribution in [2.75, 3.05) is 43.9 Å². The highest BCUT2D eigenvalue weighted by atomic mass is 32.1. The van der Waals surface area contributed by atoms with Crippen LogP contribution in [0, 0.1) is 6.92 Å². The van der Waals surface area contributed by atoms with Crippen molar-refractivity contribution in [1.29, 1.82) is 0 Å². The molecule has 1 aliphatic heterocycles. The number of hydrogen-bond donors (Lipinski definition) is 2. The summed E-state index contributed by atoms with van der Waals surface area (Å²) in [6, 6.07) is 17.7. The van der Waals surface area contributed by atoms with E-state index in [4.69, 9.17) is 0 Å². The van der Waals surface area contributed by atoms with Crippen LogP contribution < -0.4 is 10.6 Å². The Morgan fingerprint density at radius 3 is 2.57 bits per heavy atom. The number of piperazine rings is 1. The molecule has 0 radical (unpaired) electrons. The van der Waals surface area contributed by atoms with E-state index in [0.717, 1.165) is 66.1 Å². The Labute approximate surface area is 221 Å². The van der Waals surface area contributed by atoms with Gasteiger partial charge >= 0.3 is 0 Å². The van der Waals surface area contributed by atoms with E-state index in [0.29, 0.717) is 5.56 Å². The molecule has 4 N–H and O–H groups in total. The van der Waals surface area contributed by atoms with E-state index in [2.05, 4.69) is 49.6 Å². The summed E-state index contributed by atoms with van der Waals surface area (Å²) in [6.45, 7) is 7.30. The minimum Gasteiger partial charge on any atom is -0.412 e. The number of rotatable bonds is 7. The Hall–Kier alpha value is -3.63. The van der Waals surface area contributed by atoms with E-state index in [1.807, 2.05) is 54.8 Å². The molecule has 0 spiro atoms. The van der Waals surface area contributed by atoms with Crippen LogP contribution in [0.5, 0.6) is 0 Å². The first-order valence-electron chi connectivity index (χ1n) is 12.1. The number of nitrogens with zero attached hydrogens (tertiary/aromatic N) is 4. The quantitative estimate of drug-likeness (QED) is 0.377. The standard InChI is InChI=1S/C28H30N6OS.H2O/c1-20-5-10-24(16-25(20)31-28-32-26(19-36-28)23-4-3-11-29-17-23)30-27(35)22-8-6-21(7-9-22)18-34-14-12-33(2)13-15-34;/h3-11,16-17,19H,12-15,18H2,1-2H3,(H,30,35)(H,31,32);1H2. The van der Waals surface area contributed by atoms with Gasteiger partial charge in [0.2, 0.25) is 0 Å². The fraction of sp³-hybridized carbons (Fsp3) is 0.250. The number of benzene rings is 2. The molecule has 1 aliphatic rings. The molecule has 0 bridgehead atoms. The Morgan fingerprint density at radius 2 is 1.84 bits per heavy atom. The lowest BCUT2D eigenvalue weighted by atomic mass is 10.1. The number of thiazole rings is 1. The van der Waals surface area contributed by atoms with E-state index in [9.17, 15) is 4.79 Å². The zero-order valence-electron chi connectivity index (χ0n) is 21.1. The molecular weight excluding hydrogens is 484 g/mol. The molecule has 1 saturated heterocycles. The van der Waals surface area contributed by atoms with Gasteiger partial charge in [-0.15, -0.1) is 11.3 Å². The van der Waals surface area contributed by atoms with Gasteiger partial charge in [0.05, 0.1) is 5.69 Å². The maximum absolute atomic E-state index is 12.9. The summed E-state index contributed by atoms with van der Waals surface area (Å²) < 4.78 is 0. The SMILES string of the molecule is Cc1ccc(NC(=O)c2ccc(CN3CCN(C)CC3)cc2)cc1Nc1nc(-c2cccnc2)cs1.O. The monoisotopic (exact) mass is 516 g/mol. The lowest BCUT2D eigenvalue weighted by Crippen LogP contribution is -2.43. The number of aromatic nitrogens is 2. The summed E-state index contributed by atoms with van der Waals surface area (Å²) in [6.07, 6.45) is 3.56. The summed E-state index contributed by atoms with van der Waals surface area (Å²) in [5.41, 5.74) is 6.45. The Kier molecular flexibility index (Phi) is 8.62. The van der Waals surface area contributed by atoms with Crippen LogP contribution >= 0.6 is 11.3 Å². The number of hydrogen-bond acceptors (Lipinski definition) is 7. The molecule has 3 heterocycles. The third kappa shape index (κ3) is 6.78. The minimum absolute atomic E-state index is 0. The largest absolute Gasteiger partial charge is 0.412 e. The van der Waals surface area contributed by atoms with Gasteiger partial charge in [0.15, 0.2) is 5.13 Å². The molecule has 2 aromatic heterocycles. The molecule has 2 aromatic carbocycles. The van der Waals surface area contributed by atoms with E-state index in [1.54, 1.807) is 12.4 Å². The van der Waals surface area contributed by atoms with Crippen LogP contribution in [-0.2, 0) is 6.54 Å². The van der Waals surface area contributed by atoms with Crippen LogP contribution in [-0.4, -0.2) is 64.4 Å². The highest BCUT2D eigenvalue weighted by Gasteiger charge is 2.14. The van der Waals surface area contributed by atoms with Crippen LogP contribution in [0.2, 0.25) is 0 Å². The Balaban J connectivity index is 0.00000320. The van der Waals surface area contributed by atoms with Gasteiger partial charge in [-0.2, -0.15) is 0 Å². The zero-order valence-corrected chi connectivity index (χ0v) is 21.9. The summed E-state index contributed by atoms with van der Waals surface area (Å²) >= 11 is 1.54. The van der Waals surface area contributed by atoms with Gasteiger partial charge in [0.25, 0.3) is 5.91 Å². The van der Waals surface area contributed by atoms with Gasteiger partial charge in [-0.3, -0.25) is 14.7 Å². The Morgan fingerprint density at radius 1 is 1.05 bits per heavy atom. The first-order chi connectivity index (χ1) is 17.5. The fourth-order valence-corrected chi connectivity index (χ4v) is 4.89. The van der Waals surface area contributed by atoms with Crippen LogP contribution in [0.25, 0.3) is 11.3 Å². The molecule has 4 aromatic rings. The zero-order chi connectivity index (χ0) is 24.9. The number of aryl methyl sites for hydroxylation is 1. The number of pyridine rings is 1. The molecule has 0 saturated carbocycles. The number of likely N-dealkylation sites (N-methyl/N-ethyl adjacent to an activating group) is 1. The van der Waals surface area contributed by atoms with E-state index < -0.39 is 0 Å². The maximum Gasteiger partial charge on any atom is 0.255 e.